The average molecular weight is 773 g/mol. The molecule has 18 heteroatoms. The molecule has 3 aromatic carbocycles. The van der Waals surface area contributed by atoms with Gasteiger partial charge in [0.25, 0.3) is 17.7 Å². The zero-order valence-electron chi connectivity index (χ0n) is 30.3. The van der Waals surface area contributed by atoms with Gasteiger partial charge < -0.3 is 31.3 Å². The molecule has 0 radical (unpaired) electrons. The van der Waals surface area contributed by atoms with Crippen LogP contribution < -0.4 is 16.0 Å². The van der Waals surface area contributed by atoms with E-state index in [9.17, 15) is 48.3 Å². The summed E-state index contributed by atoms with van der Waals surface area (Å²) in [5.74, 6) is -5.12. The summed E-state index contributed by atoms with van der Waals surface area (Å²) in [5, 5.41) is 34.8. The first kappa shape index (κ1) is 41.6. The molecule has 3 fully saturated rings. The number of hydrogen-bond donors (Lipinski definition) is 6. The number of carbonyl (C=O) groups excluding carboxylic acids is 6. The molecule has 3 aliphatic rings. The van der Waals surface area contributed by atoms with E-state index in [-0.39, 0.29) is 32.4 Å². The van der Waals surface area contributed by atoms with E-state index in [1.54, 1.807) is 86.6 Å². The summed E-state index contributed by atoms with van der Waals surface area (Å²) >= 11 is 0. The van der Waals surface area contributed by atoms with Crippen LogP contribution >= 0.6 is 0 Å². The normalized spacial score (nSPS) is 17.4. The number of aliphatic carboxylic acids is 3. The minimum absolute atomic E-state index is 0.0887. The number of carbonyl (C=O) groups is 9. The second-order valence-corrected chi connectivity index (χ2v) is 13.2. The van der Waals surface area contributed by atoms with Crippen LogP contribution in [-0.2, 0) is 48.0 Å². The summed E-state index contributed by atoms with van der Waals surface area (Å²) in [4.78, 5) is 106. The highest BCUT2D eigenvalue weighted by atomic mass is 16.4. The van der Waals surface area contributed by atoms with Crippen molar-refractivity contribution in [1.29, 1.82) is 0 Å². The van der Waals surface area contributed by atoms with E-state index in [0.29, 0.717) is 0 Å². The number of rotatable bonds is 12. The van der Waals surface area contributed by atoms with Crippen molar-refractivity contribution in [2.24, 2.45) is 0 Å². The van der Waals surface area contributed by atoms with Gasteiger partial charge in [0, 0.05) is 19.3 Å². The van der Waals surface area contributed by atoms with Crippen molar-refractivity contribution in [2.45, 2.75) is 56.8 Å². The number of urea groups is 3. The van der Waals surface area contributed by atoms with Gasteiger partial charge >= 0.3 is 36.0 Å². The molecule has 3 aromatic rings. The van der Waals surface area contributed by atoms with Crippen molar-refractivity contribution >= 4 is 53.7 Å². The summed E-state index contributed by atoms with van der Waals surface area (Å²) in [5.41, 5.74) is 1.21. The van der Waals surface area contributed by atoms with E-state index in [0.717, 1.165) is 31.4 Å². The molecule has 3 heterocycles. The van der Waals surface area contributed by atoms with Crippen LogP contribution in [0.25, 0.3) is 0 Å². The highest BCUT2D eigenvalue weighted by molar-refractivity contribution is 6.09. The van der Waals surface area contributed by atoms with E-state index < -0.39 is 77.4 Å². The Hall–Kier alpha value is -7.11. The summed E-state index contributed by atoms with van der Waals surface area (Å²) in [6, 6.07) is 21.2. The van der Waals surface area contributed by atoms with Gasteiger partial charge in [-0.15, -0.1) is 0 Å². The third-order valence-electron chi connectivity index (χ3n) is 8.75. The molecule has 6 N–H and O–H groups in total. The van der Waals surface area contributed by atoms with E-state index >= 15 is 0 Å². The molecule has 0 bridgehead atoms. The maximum Gasteiger partial charge on any atom is 0.327 e. The fraction of sp³-hybridized carbons (Fsp3) is 0.289. The van der Waals surface area contributed by atoms with Crippen LogP contribution in [0, 0.1) is 0 Å². The first-order chi connectivity index (χ1) is 26.5. The van der Waals surface area contributed by atoms with Gasteiger partial charge in [-0.05, 0) is 30.5 Å². The lowest BCUT2D eigenvalue weighted by Crippen LogP contribution is -2.48. The highest BCUT2D eigenvalue weighted by Crippen LogP contribution is 2.22. The molecule has 0 spiro atoms. The fourth-order valence-electron chi connectivity index (χ4n) is 5.94. The van der Waals surface area contributed by atoms with Crippen molar-refractivity contribution in [1.82, 2.24) is 30.7 Å². The number of imide groups is 3. The minimum Gasteiger partial charge on any atom is -0.480 e. The molecule has 294 valence electrons. The fourth-order valence-corrected chi connectivity index (χ4v) is 5.94. The topological polar surface area (TPSA) is 260 Å². The summed E-state index contributed by atoms with van der Waals surface area (Å²) < 4.78 is 0. The number of nitrogens with zero attached hydrogens (tertiary/aromatic N) is 3. The number of carboxylic acids is 3. The summed E-state index contributed by atoms with van der Waals surface area (Å²) in [6.45, 7) is 2.82. The number of benzene rings is 3. The molecular weight excluding hydrogens is 732 g/mol. The number of hydrogen-bond acceptors (Lipinski definition) is 9. The third-order valence-corrected chi connectivity index (χ3v) is 8.75. The Morgan fingerprint density at radius 3 is 1.07 bits per heavy atom. The quantitative estimate of drug-likeness (QED) is 0.143. The Kier molecular flexibility index (Phi) is 13.6. The predicted molar refractivity (Wildman–Crippen MR) is 195 cm³/mol. The standard InChI is InChI=1S/C14H16N2O4.2C12H12N2O4/c1-14(2)12(19)16(13(20)15-14)10(11(17)18)8-9-6-4-3-5-7-9;2*15-10-7-13-12(18)14(10)9(11(16)17)6-8-4-2-1-3-5-8/h3-7,10H,8H2,1-2H3,(H,15,20)(H,17,18);2*1-5,9H,6-7H2,(H,13,18)(H,16,17)/t10-;2*9-/m110/s1. The molecule has 3 aliphatic heterocycles. The smallest absolute Gasteiger partial charge is 0.327 e. The molecule has 9 amide bonds. The molecule has 0 aliphatic carbocycles. The molecule has 3 saturated heterocycles. The van der Waals surface area contributed by atoms with E-state index in [2.05, 4.69) is 16.0 Å². The molecule has 6 rings (SSSR count). The first-order valence-corrected chi connectivity index (χ1v) is 17.2. The molecule has 3 atom stereocenters. The Balaban J connectivity index is 0.000000187. The summed E-state index contributed by atoms with van der Waals surface area (Å²) in [6.07, 6.45) is 0.302. The van der Waals surface area contributed by atoms with Gasteiger partial charge in [0.2, 0.25) is 0 Å². The van der Waals surface area contributed by atoms with Gasteiger partial charge in [-0.2, -0.15) is 0 Å². The van der Waals surface area contributed by atoms with Crippen molar-refractivity contribution < 1.29 is 58.5 Å². The Morgan fingerprint density at radius 1 is 0.536 bits per heavy atom. The van der Waals surface area contributed by atoms with Gasteiger partial charge in [-0.3, -0.25) is 14.4 Å². The minimum atomic E-state index is -1.20. The maximum atomic E-state index is 12.2. The number of nitrogens with one attached hydrogen (secondary N) is 3. The van der Waals surface area contributed by atoms with E-state index in [1.165, 1.54) is 0 Å². The lowest BCUT2D eigenvalue weighted by atomic mass is 10.0. The van der Waals surface area contributed by atoms with Crippen molar-refractivity contribution in [3.05, 3.63) is 108 Å². The van der Waals surface area contributed by atoms with Gasteiger partial charge in [-0.1, -0.05) is 91.0 Å². The van der Waals surface area contributed by atoms with E-state index in [1.807, 2.05) is 18.2 Å². The zero-order valence-corrected chi connectivity index (χ0v) is 30.3. The van der Waals surface area contributed by atoms with Crippen LogP contribution in [0.2, 0.25) is 0 Å². The molecule has 0 saturated carbocycles. The maximum absolute atomic E-state index is 12.2. The van der Waals surface area contributed by atoms with Crippen LogP contribution in [0.3, 0.4) is 0 Å². The monoisotopic (exact) mass is 772 g/mol. The van der Waals surface area contributed by atoms with Crippen molar-refractivity contribution in [2.75, 3.05) is 13.1 Å². The molecule has 0 unspecified atom stereocenters. The predicted octanol–water partition coefficient (Wildman–Crippen LogP) is 1.48. The number of carboxylic acid groups (broad SMARTS) is 3. The van der Waals surface area contributed by atoms with Crippen LogP contribution in [0.15, 0.2) is 91.0 Å². The van der Waals surface area contributed by atoms with Crippen molar-refractivity contribution in [3.8, 4) is 0 Å². The van der Waals surface area contributed by atoms with Crippen molar-refractivity contribution in [3.63, 3.8) is 0 Å². The Bertz CT molecular complexity index is 1850. The zero-order chi connectivity index (χ0) is 41.2. The molecular formula is C38H40N6O12. The Labute approximate surface area is 320 Å². The summed E-state index contributed by atoms with van der Waals surface area (Å²) in [7, 11) is 0. The average Bonchev–Trinajstić information content (AvgIpc) is 3.74. The van der Waals surface area contributed by atoms with Gasteiger partial charge in [0.05, 0.1) is 13.1 Å². The highest BCUT2D eigenvalue weighted by Gasteiger charge is 2.49. The lowest BCUT2D eigenvalue weighted by molar-refractivity contribution is -0.147. The van der Waals surface area contributed by atoms with Gasteiger partial charge in [0.1, 0.15) is 23.7 Å². The van der Waals surface area contributed by atoms with Crippen LogP contribution in [0.5, 0.6) is 0 Å². The largest absolute Gasteiger partial charge is 0.480 e. The second kappa shape index (κ2) is 18.3. The third kappa shape index (κ3) is 10.3. The van der Waals surface area contributed by atoms with E-state index in [4.69, 9.17) is 10.2 Å². The van der Waals surface area contributed by atoms with Gasteiger partial charge in [0.15, 0.2) is 0 Å². The molecule has 18 nitrogen and oxygen atoms in total. The second-order valence-electron chi connectivity index (χ2n) is 13.2. The van der Waals surface area contributed by atoms with Gasteiger partial charge in [-0.25, -0.2) is 43.5 Å². The van der Waals surface area contributed by atoms with Crippen LogP contribution in [0.4, 0.5) is 14.4 Å². The molecule has 0 aromatic heterocycles. The molecule has 56 heavy (non-hydrogen) atoms. The van der Waals surface area contributed by atoms with Crippen LogP contribution in [0.1, 0.15) is 30.5 Å². The van der Waals surface area contributed by atoms with Crippen LogP contribution in [-0.4, -0.2) is 120 Å². The first-order valence-electron chi connectivity index (χ1n) is 17.2. The number of amides is 9. The Morgan fingerprint density at radius 2 is 0.839 bits per heavy atom. The lowest BCUT2D eigenvalue weighted by Gasteiger charge is -2.22. The SMILES string of the molecule is CC1(C)NC(=O)N([C@H](Cc2ccccc2)C(=O)O)C1=O.O=C(O)[C@@H](Cc1ccccc1)N1C(=O)CNC1=O.O=C(O)[C@H](Cc1ccccc1)N1C(=O)CNC1=O.